The summed E-state index contributed by atoms with van der Waals surface area (Å²) < 4.78 is 6.86. The average molecular weight is 455 g/mol. The third-order valence-electron chi connectivity index (χ3n) is 5.78. The van der Waals surface area contributed by atoms with Crippen LogP contribution in [0.25, 0.3) is 21.9 Å². The highest BCUT2D eigenvalue weighted by Crippen LogP contribution is 2.31. The molecule has 1 aromatic heterocycles. The van der Waals surface area contributed by atoms with E-state index in [-0.39, 0.29) is 11.3 Å². The van der Waals surface area contributed by atoms with Gasteiger partial charge < -0.3 is 14.6 Å². The summed E-state index contributed by atoms with van der Waals surface area (Å²) in [6, 6.07) is 22.2. The number of hydrogen-bond donors (Lipinski definition) is 1. The van der Waals surface area contributed by atoms with Crippen molar-refractivity contribution < 1.29 is 14.3 Å². The fourth-order valence-corrected chi connectivity index (χ4v) is 3.95. The minimum Gasteiger partial charge on any atom is -0.448 e. The first-order valence-electron chi connectivity index (χ1n) is 11.0. The molecule has 0 aliphatic heterocycles. The molecule has 6 nitrogen and oxygen atoms in total. The fraction of sp³-hybridized carbons (Fsp3) is 0.179. The van der Waals surface area contributed by atoms with Crippen LogP contribution in [0.4, 0.5) is 5.69 Å². The molecular formula is C28H26N2O4. The number of amides is 1. The Labute approximate surface area is 197 Å². The second-order valence-electron chi connectivity index (χ2n) is 8.41. The van der Waals surface area contributed by atoms with Crippen molar-refractivity contribution in [3.8, 4) is 11.1 Å². The number of pyridine rings is 1. The third kappa shape index (κ3) is 4.48. The molecule has 0 saturated heterocycles. The highest BCUT2D eigenvalue weighted by atomic mass is 16.5. The summed E-state index contributed by atoms with van der Waals surface area (Å²) in [5.74, 6) is -1.20. The van der Waals surface area contributed by atoms with Crippen LogP contribution >= 0.6 is 0 Å². The van der Waals surface area contributed by atoms with Crippen LogP contribution in [0.3, 0.4) is 0 Å². The van der Waals surface area contributed by atoms with Crippen molar-refractivity contribution in [3.63, 3.8) is 0 Å². The molecule has 1 unspecified atom stereocenters. The van der Waals surface area contributed by atoms with E-state index in [0.717, 1.165) is 16.7 Å². The number of fused-ring (bicyclic) bond motifs is 1. The first-order chi connectivity index (χ1) is 16.3. The molecule has 3 aromatic carbocycles. The van der Waals surface area contributed by atoms with Gasteiger partial charge in [0.2, 0.25) is 0 Å². The maximum atomic E-state index is 13.4. The van der Waals surface area contributed by atoms with Gasteiger partial charge in [0.25, 0.3) is 11.5 Å². The van der Waals surface area contributed by atoms with Crippen molar-refractivity contribution in [1.82, 2.24) is 4.57 Å². The Kier molecular flexibility index (Phi) is 6.32. The minimum absolute atomic E-state index is 0.0998. The number of aromatic nitrogens is 1. The van der Waals surface area contributed by atoms with Gasteiger partial charge in [0, 0.05) is 23.7 Å². The summed E-state index contributed by atoms with van der Waals surface area (Å²) >= 11 is 0. The van der Waals surface area contributed by atoms with Crippen LogP contribution in [0.15, 0.2) is 77.6 Å². The maximum Gasteiger partial charge on any atom is 0.356 e. The highest BCUT2D eigenvalue weighted by Gasteiger charge is 2.26. The van der Waals surface area contributed by atoms with Crippen LogP contribution in [0.1, 0.15) is 28.5 Å². The molecule has 172 valence electrons. The molecule has 1 atom stereocenters. The lowest BCUT2D eigenvalue weighted by atomic mass is 9.96. The van der Waals surface area contributed by atoms with Crippen LogP contribution in [-0.2, 0) is 16.6 Å². The first kappa shape index (κ1) is 23.0. The van der Waals surface area contributed by atoms with Gasteiger partial charge in [-0.2, -0.15) is 0 Å². The van der Waals surface area contributed by atoms with Crippen LogP contribution < -0.4 is 10.9 Å². The predicted octanol–water partition coefficient (Wildman–Crippen LogP) is 5.01. The Morgan fingerprint density at radius 1 is 0.882 bits per heavy atom. The van der Waals surface area contributed by atoms with E-state index >= 15 is 0 Å². The van der Waals surface area contributed by atoms with Crippen molar-refractivity contribution >= 4 is 28.3 Å². The number of anilines is 1. The molecule has 1 heterocycles. The number of rotatable bonds is 5. The summed E-state index contributed by atoms with van der Waals surface area (Å²) in [6.07, 6.45) is -1.07. The van der Waals surface area contributed by atoms with E-state index < -0.39 is 18.0 Å². The molecule has 0 spiro atoms. The Balaban J connectivity index is 1.74. The van der Waals surface area contributed by atoms with Gasteiger partial charge in [-0.05, 0) is 55.5 Å². The van der Waals surface area contributed by atoms with E-state index in [4.69, 9.17) is 4.74 Å². The average Bonchev–Trinajstić information content (AvgIpc) is 2.81. The zero-order chi connectivity index (χ0) is 24.4. The lowest BCUT2D eigenvalue weighted by Crippen LogP contribution is -2.32. The highest BCUT2D eigenvalue weighted by molar-refractivity contribution is 6.07. The predicted molar refractivity (Wildman–Crippen MR) is 134 cm³/mol. The monoisotopic (exact) mass is 454 g/mol. The smallest absolute Gasteiger partial charge is 0.356 e. The van der Waals surface area contributed by atoms with Gasteiger partial charge in [0.05, 0.1) is 0 Å². The standard InChI is InChI=1S/C28H26N2O4/c1-17-12-14-20(15-13-17)24-22-10-5-6-11-23(22)27(32)30(4)25(24)28(33)34-19(3)26(31)29-21-9-7-8-18(2)16-21/h5-16,19H,1-4H3,(H,29,31). The SMILES string of the molecule is Cc1ccc(-c2c(C(=O)OC(C)C(=O)Nc3cccc(C)c3)n(C)c(=O)c3ccccc23)cc1. The van der Waals surface area contributed by atoms with E-state index in [1.807, 2.05) is 68.4 Å². The van der Waals surface area contributed by atoms with Crippen molar-refractivity contribution in [3.05, 3.63) is 100.0 Å². The Bertz CT molecular complexity index is 1450. The zero-order valence-corrected chi connectivity index (χ0v) is 19.6. The molecule has 4 aromatic rings. The Morgan fingerprint density at radius 2 is 1.56 bits per heavy atom. The van der Waals surface area contributed by atoms with Gasteiger partial charge in [-0.3, -0.25) is 9.59 Å². The molecule has 0 bridgehead atoms. The molecule has 1 amide bonds. The van der Waals surface area contributed by atoms with Crippen LogP contribution in [0.5, 0.6) is 0 Å². The number of ether oxygens (including phenoxy) is 1. The topological polar surface area (TPSA) is 77.4 Å². The molecule has 4 rings (SSSR count). The van der Waals surface area contributed by atoms with E-state index in [2.05, 4.69) is 5.32 Å². The second kappa shape index (κ2) is 9.35. The lowest BCUT2D eigenvalue weighted by Gasteiger charge is -2.19. The van der Waals surface area contributed by atoms with Gasteiger partial charge >= 0.3 is 5.97 Å². The van der Waals surface area contributed by atoms with E-state index in [9.17, 15) is 14.4 Å². The summed E-state index contributed by atoms with van der Waals surface area (Å²) in [6.45, 7) is 5.41. The first-order valence-corrected chi connectivity index (χ1v) is 11.0. The molecule has 6 heteroatoms. The molecule has 0 saturated carbocycles. The van der Waals surface area contributed by atoms with E-state index in [1.54, 1.807) is 25.2 Å². The van der Waals surface area contributed by atoms with E-state index in [1.165, 1.54) is 11.5 Å². The number of benzene rings is 3. The largest absolute Gasteiger partial charge is 0.448 e. The van der Waals surface area contributed by atoms with Crippen molar-refractivity contribution in [2.75, 3.05) is 5.32 Å². The van der Waals surface area contributed by atoms with Gasteiger partial charge in [-0.25, -0.2) is 4.79 Å². The summed E-state index contributed by atoms with van der Waals surface area (Å²) in [4.78, 5) is 39.1. The quantitative estimate of drug-likeness (QED) is 0.430. The zero-order valence-electron chi connectivity index (χ0n) is 19.6. The van der Waals surface area contributed by atoms with Crippen LogP contribution in [0.2, 0.25) is 0 Å². The molecule has 0 aliphatic rings. The molecular weight excluding hydrogens is 428 g/mol. The third-order valence-corrected chi connectivity index (χ3v) is 5.78. The number of esters is 1. The molecule has 1 N–H and O–H groups in total. The van der Waals surface area contributed by atoms with Crippen LogP contribution in [-0.4, -0.2) is 22.5 Å². The van der Waals surface area contributed by atoms with Crippen molar-refractivity contribution in [2.24, 2.45) is 7.05 Å². The van der Waals surface area contributed by atoms with Gasteiger partial charge in [-0.15, -0.1) is 0 Å². The number of carbonyl (C=O) groups excluding carboxylic acids is 2. The van der Waals surface area contributed by atoms with Gasteiger partial charge in [-0.1, -0.05) is 60.2 Å². The Hall–Kier alpha value is -4.19. The van der Waals surface area contributed by atoms with Gasteiger partial charge in [0.1, 0.15) is 5.69 Å². The number of hydrogen-bond acceptors (Lipinski definition) is 4. The molecule has 0 aliphatic carbocycles. The summed E-state index contributed by atoms with van der Waals surface area (Å²) in [5.41, 5.74) is 3.85. The normalized spacial score (nSPS) is 11.8. The molecule has 0 fully saturated rings. The molecule has 0 radical (unpaired) electrons. The number of nitrogens with one attached hydrogen (secondary N) is 1. The summed E-state index contributed by atoms with van der Waals surface area (Å²) in [5, 5.41) is 3.92. The number of aryl methyl sites for hydroxylation is 2. The maximum absolute atomic E-state index is 13.4. The lowest BCUT2D eigenvalue weighted by molar-refractivity contribution is -0.123. The number of carbonyl (C=O) groups is 2. The van der Waals surface area contributed by atoms with Gasteiger partial charge in [0.15, 0.2) is 6.10 Å². The van der Waals surface area contributed by atoms with Crippen molar-refractivity contribution in [2.45, 2.75) is 26.9 Å². The summed E-state index contributed by atoms with van der Waals surface area (Å²) in [7, 11) is 1.54. The Morgan fingerprint density at radius 3 is 2.24 bits per heavy atom. The second-order valence-corrected chi connectivity index (χ2v) is 8.41. The minimum atomic E-state index is -1.07. The molecule has 34 heavy (non-hydrogen) atoms. The van der Waals surface area contributed by atoms with E-state index in [0.29, 0.717) is 22.0 Å². The number of nitrogens with zero attached hydrogens (tertiary/aromatic N) is 1. The fourth-order valence-electron chi connectivity index (χ4n) is 3.95. The van der Waals surface area contributed by atoms with Crippen LogP contribution in [0, 0.1) is 13.8 Å². The van der Waals surface area contributed by atoms with Crippen molar-refractivity contribution in [1.29, 1.82) is 0 Å².